The fourth-order valence-electron chi connectivity index (χ4n) is 5.03. The van der Waals surface area contributed by atoms with E-state index in [1.807, 2.05) is 6.92 Å². The van der Waals surface area contributed by atoms with Gasteiger partial charge in [-0.2, -0.15) is 0 Å². The number of nitrogens with one attached hydrogen (secondary N) is 1. The van der Waals surface area contributed by atoms with Gasteiger partial charge in [-0.1, -0.05) is 20.8 Å². The summed E-state index contributed by atoms with van der Waals surface area (Å²) < 4.78 is 6.53. The van der Waals surface area contributed by atoms with Crippen molar-refractivity contribution in [1.29, 1.82) is 0 Å². The average Bonchev–Trinajstić information content (AvgIpc) is 2.64. The molecule has 2 heterocycles. The first-order valence-corrected chi connectivity index (χ1v) is 14.4. The van der Waals surface area contributed by atoms with E-state index in [-0.39, 0.29) is 40.7 Å². The molecule has 4 atom stereocenters. The van der Waals surface area contributed by atoms with E-state index in [2.05, 4.69) is 45.2 Å². The minimum absolute atomic E-state index is 0.0216. The number of amides is 1. The van der Waals surface area contributed by atoms with Crippen LogP contribution in [0.1, 0.15) is 74.3 Å². The second-order valence-electron chi connectivity index (χ2n) is 10.9. The van der Waals surface area contributed by atoms with Crippen LogP contribution in [0.2, 0.25) is 18.1 Å². The quantitative estimate of drug-likeness (QED) is 0.576. The number of rotatable bonds is 4. The zero-order valence-corrected chi connectivity index (χ0v) is 20.3. The van der Waals surface area contributed by atoms with Crippen LogP contribution in [0.4, 0.5) is 0 Å². The molecule has 0 aromatic carbocycles. The molecule has 0 spiro atoms. The van der Waals surface area contributed by atoms with Crippen molar-refractivity contribution in [2.75, 3.05) is 0 Å². The van der Waals surface area contributed by atoms with E-state index in [4.69, 9.17) is 9.41 Å². The normalized spacial score (nSPS) is 27.6. The highest BCUT2D eigenvalue weighted by Gasteiger charge is 2.52. The molecule has 0 bridgehead atoms. The van der Waals surface area contributed by atoms with Gasteiger partial charge >= 0.3 is 0 Å². The number of carbonyl (C=O) groups is 2. The van der Waals surface area contributed by atoms with Crippen molar-refractivity contribution in [2.24, 2.45) is 11.8 Å². The molecule has 1 saturated heterocycles. The van der Waals surface area contributed by atoms with Crippen LogP contribution < -0.4 is 5.32 Å². The maximum Gasteiger partial charge on any atom is 0.228 e. The SMILES string of the molecule is C[C@@H](O[Si](C)(C)C(C)(C)C)[C@H]1C(=O)N[C@H]1[C@H]1CCc2nc3c(cc2C1=O)CCCC3. The molecule has 1 amide bonds. The van der Waals surface area contributed by atoms with Crippen LogP contribution in [0, 0.1) is 11.8 Å². The summed E-state index contributed by atoms with van der Waals surface area (Å²) in [6.45, 7) is 13.1. The average molecular weight is 429 g/mol. The molecule has 0 unspecified atom stereocenters. The summed E-state index contributed by atoms with van der Waals surface area (Å²) in [5.41, 5.74) is 4.20. The van der Waals surface area contributed by atoms with Gasteiger partial charge in [0.2, 0.25) is 5.91 Å². The summed E-state index contributed by atoms with van der Waals surface area (Å²) in [6, 6.07) is 1.98. The third-order valence-corrected chi connectivity index (χ3v) is 12.5. The van der Waals surface area contributed by atoms with Gasteiger partial charge in [0.05, 0.1) is 23.8 Å². The van der Waals surface area contributed by atoms with E-state index < -0.39 is 8.32 Å². The van der Waals surface area contributed by atoms with E-state index in [9.17, 15) is 9.59 Å². The van der Waals surface area contributed by atoms with Crippen LogP contribution in [0.15, 0.2) is 6.07 Å². The van der Waals surface area contributed by atoms with Gasteiger partial charge in [-0.05, 0) is 75.2 Å². The Morgan fingerprint density at radius 1 is 1.13 bits per heavy atom. The van der Waals surface area contributed by atoms with Crippen LogP contribution in [0.25, 0.3) is 0 Å². The highest BCUT2D eigenvalue weighted by atomic mass is 28.4. The van der Waals surface area contributed by atoms with Crippen LogP contribution in [0.3, 0.4) is 0 Å². The van der Waals surface area contributed by atoms with E-state index in [0.29, 0.717) is 0 Å². The van der Waals surface area contributed by atoms with E-state index in [1.165, 1.54) is 24.1 Å². The fraction of sp³-hybridized carbons (Fsp3) is 0.708. The number of nitrogens with zero attached hydrogens (tertiary/aromatic N) is 1. The number of pyridine rings is 1. The number of aryl methyl sites for hydroxylation is 3. The molecule has 0 saturated carbocycles. The monoisotopic (exact) mass is 428 g/mol. The molecule has 3 aliphatic rings. The molecule has 5 nitrogen and oxygen atoms in total. The molecule has 1 N–H and O–H groups in total. The lowest BCUT2D eigenvalue weighted by molar-refractivity contribution is -0.141. The number of β-lactam (4-membered cyclic amide) rings is 1. The van der Waals surface area contributed by atoms with E-state index in [1.54, 1.807) is 0 Å². The Labute approximate surface area is 181 Å². The molecule has 30 heavy (non-hydrogen) atoms. The lowest BCUT2D eigenvalue weighted by Gasteiger charge is -2.48. The molecule has 1 aromatic heterocycles. The summed E-state index contributed by atoms with van der Waals surface area (Å²) in [4.78, 5) is 30.8. The lowest BCUT2D eigenvalue weighted by atomic mass is 9.71. The smallest absolute Gasteiger partial charge is 0.228 e. The molecule has 6 heteroatoms. The van der Waals surface area contributed by atoms with E-state index in [0.717, 1.165) is 36.9 Å². The minimum atomic E-state index is -1.99. The second kappa shape index (κ2) is 7.55. The molecule has 1 fully saturated rings. The number of ketones is 1. The zero-order chi connectivity index (χ0) is 21.8. The van der Waals surface area contributed by atoms with Crippen LogP contribution in [-0.2, 0) is 28.5 Å². The molecular weight excluding hydrogens is 392 g/mol. The van der Waals surface area contributed by atoms with Gasteiger partial charge in [0.25, 0.3) is 0 Å². The minimum Gasteiger partial charge on any atom is -0.413 e. The van der Waals surface area contributed by atoms with Crippen molar-refractivity contribution < 1.29 is 14.0 Å². The Hall–Kier alpha value is -1.53. The molecule has 2 aliphatic carbocycles. The Kier molecular flexibility index (Phi) is 5.46. The van der Waals surface area contributed by atoms with Crippen LogP contribution in [0.5, 0.6) is 0 Å². The number of carbonyl (C=O) groups excluding carboxylic acids is 2. The van der Waals surface area contributed by atoms with Gasteiger partial charge in [-0.15, -0.1) is 0 Å². The van der Waals surface area contributed by atoms with Gasteiger partial charge in [-0.25, -0.2) is 0 Å². The maximum atomic E-state index is 13.4. The second-order valence-corrected chi connectivity index (χ2v) is 15.7. The number of Topliss-reactive ketones (excluding diaryl/α,β-unsaturated/α-hetero) is 1. The maximum absolute atomic E-state index is 13.4. The van der Waals surface area contributed by atoms with Crippen molar-refractivity contribution in [3.05, 3.63) is 28.6 Å². The molecule has 4 rings (SSSR count). The summed E-state index contributed by atoms with van der Waals surface area (Å²) in [7, 11) is -1.99. The Bertz CT molecular complexity index is 874. The first kappa shape index (κ1) is 21.7. The van der Waals surface area contributed by atoms with Crippen molar-refractivity contribution in [3.8, 4) is 0 Å². The third-order valence-electron chi connectivity index (χ3n) is 7.90. The van der Waals surface area contributed by atoms with Crippen molar-refractivity contribution >= 4 is 20.0 Å². The fourth-order valence-corrected chi connectivity index (χ4v) is 6.46. The number of hydrogen-bond donors (Lipinski definition) is 1. The highest BCUT2D eigenvalue weighted by molar-refractivity contribution is 6.74. The first-order valence-electron chi connectivity index (χ1n) is 11.5. The van der Waals surface area contributed by atoms with Gasteiger partial charge < -0.3 is 9.74 Å². The van der Waals surface area contributed by atoms with E-state index >= 15 is 0 Å². The summed E-state index contributed by atoms with van der Waals surface area (Å²) >= 11 is 0. The Balaban J connectivity index is 1.53. The highest BCUT2D eigenvalue weighted by Crippen LogP contribution is 2.41. The van der Waals surface area contributed by atoms with Gasteiger partial charge in [0.1, 0.15) is 0 Å². The van der Waals surface area contributed by atoms with Gasteiger partial charge in [-0.3, -0.25) is 14.6 Å². The third kappa shape index (κ3) is 3.66. The summed E-state index contributed by atoms with van der Waals surface area (Å²) in [5, 5.41) is 3.13. The largest absolute Gasteiger partial charge is 0.413 e. The molecular formula is C24H36N2O3Si. The Morgan fingerprint density at radius 2 is 1.83 bits per heavy atom. The number of hydrogen-bond acceptors (Lipinski definition) is 4. The van der Waals surface area contributed by atoms with Crippen molar-refractivity contribution in [1.82, 2.24) is 10.3 Å². The number of aromatic nitrogens is 1. The number of fused-ring (bicyclic) bond motifs is 2. The van der Waals surface area contributed by atoms with Gasteiger partial charge in [0, 0.05) is 17.2 Å². The molecule has 1 aromatic rings. The molecule has 1 aliphatic heterocycles. The summed E-state index contributed by atoms with van der Waals surface area (Å²) in [6.07, 6.45) is 5.81. The lowest BCUT2D eigenvalue weighted by Crippen LogP contribution is -2.67. The van der Waals surface area contributed by atoms with Gasteiger partial charge in [0.15, 0.2) is 14.1 Å². The standard InChI is InChI=1S/C24H36N2O3Si/c1-14(29-30(5,6)24(2,3)4)20-21(26-23(20)28)16-11-12-19-17(22(16)27)13-15-9-7-8-10-18(15)25-19/h13-14,16,20-21H,7-12H2,1-6H3,(H,26,28)/t14-,16-,20-,21+/m1/s1. The predicted molar refractivity (Wildman–Crippen MR) is 120 cm³/mol. The predicted octanol–water partition coefficient (Wildman–Crippen LogP) is 4.23. The van der Waals surface area contributed by atoms with Crippen molar-refractivity contribution in [3.63, 3.8) is 0 Å². The topological polar surface area (TPSA) is 68.3 Å². The van der Waals surface area contributed by atoms with Crippen LogP contribution in [-0.4, -0.2) is 37.1 Å². The Morgan fingerprint density at radius 3 is 2.50 bits per heavy atom. The first-order chi connectivity index (χ1) is 14.0. The summed E-state index contributed by atoms with van der Waals surface area (Å²) in [5.74, 6) is -0.241. The molecule has 164 valence electrons. The van der Waals surface area contributed by atoms with Crippen LogP contribution >= 0.6 is 0 Å². The van der Waals surface area contributed by atoms with Crippen molar-refractivity contribution in [2.45, 2.75) is 96.5 Å². The molecule has 0 radical (unpaired) electrons. The zero-order valence-electron chi connectivity index (χ0n) is 19.3.